The summed E-state index contributed by atoms with van der Waals surface area (Å²) in [7, 11) is -4.34. The van der Waals surface area contributed by atoms with E-state index in [1.165, 1.54) is 6.07 Å². The van der Waals surface area contributed by atoms with Gasteiger partial charge in [-0.1, -0.05) is 0 Å². The molecular formula is C16H10F3N5O5S. The van der Waals surface area contributed by atoms with Crippen LogP contribution in [0.3, 0.4) is 0 Å². The number of nitrogens with one attached hydrogen (secondary N) is 4. The molecule has 2 aromatic heterocycles. The smallest absolute Gasteiger partial charge is 0.408 e. The van der Waals surface area contributed by atoms with E-state index in [4.69, 9.17) is 4.42 Å². The van der Waals surface area contributed by atoms with Crippen LogP contribution in [-0.2, 0) is 16.2 Å². The first-order valence-corrected chi connectivity index (χ1v) is 9.53. The average molecular weight is 441 g/mol. The summed E-state index contributed by atoms with van der Waals surface area (Å²) in [6, 6.07) is 5.87. The summed E-state index contributed by atoms with van der Waals surface area (Å²) in [5.74, 6) is -0.995. The van der Waals surface area contributed by atoms with Gasteiger partial charge in [-0.15, -0.1) is 0 Å². The highest BCUT2D eigenvalue weighted by Crippen LogP contribution is 2.34. The number of nitrogens with zero attached hydrogens (tertiary/aromatic N) is 1. The molecule has 4 aromatic rings. The van der Waals surface area contributed by atoms with Gasteiger partial charge in [0.05, 0.1) is 21.7 Å². The first-order valence-electron chi connectivity index (χ1n) is 8.04. The second-order valence-corrected chi connectivity index (χ2v) is 7.78. The third kappa shape index (κ3) is 3.71. The summed E-state index contributed by atoms with van der Waals surface area (Å²) in [5, 5.41) is 5.58. The van der Waals surface area contributed by atoms with Gasteiger partial charge in [0.15, 0.2) is 11.4 Å². The van der Waals surface area contributed by atoms with E-state index in [9.17, 15) is 31.2 Å². The summed E-state index contributed by atoms with van der Waals surface area (Å²) in [6.07, 6.45) is -4.79. The van der Waals surface area contributed by atoms with E-state index >= 15 is 0 Å². The van der Waals surface area contributed by atoms with E-state index in [0.29, 0.717) is 12.1 Å². The van der Waals surface area contributed by atoms with Crippen molar-refractivity contribution in [3.05, 3.63) is 63.0 Å². The Labute approximate surface area is 163 Å². The second kappa shape index (κ2) is 6.62. The van der Waals surface area contributed by atoms with E-state index in [-0.39, 0.29) is 27.4 Å². The SMILES string of the molecule is O=c1[nH]nc(-c2cc(NS(=O)(=O)c3ccc4[nH]c(=O)oc4c3)cc(C(F)(F)F)c2)[nH]1. The van der Waals surface area contributed by atoms with Gasteiger partial charge in [-0.25, -0.2) is 23.1 Å². The van der Waals surface area contributed by atoms with Gasteiger partial charge in [0.2, 0.25) is 0 Å². The number of rotatable bonds is 4. The van der Waals surface area contributed by atoms with Crippen LogP contribution in [0.4, 0.5) is 18.9 Å². The first-order chi connectivity index (χ1) is 14.0. The lowest BCUT2D eigenvalue weighted by molar-refractivity contribution is -0.137. The Balaban J connectivity index is 1.78. The second-order valence-electron chi connectivity index (χ2n) is 6.10. The van der Waals surface area contributed by atoms with E-state index in [0.717, 1.165) is 18.2 Å². The molecule has 0 amide bonds. The maximum absolute atomic E-state index is 13.3. The molecule has 0 unspecified atom stereocenters. The van der Waals surface area contributed by atoms with Gasteiger partial charge in [0.1, 0.15) is 0 Å². The van der Waals surface area contributed by atoms with Crippen molar-refractivity contribution in [2.24, 2.45) is 0 Å². The van der Waals surface area contributed by atoms with Gasteiger partial charge in [-0.3, -0.25) is 14.7 Å². The summed E-state index contributed by atoms with van der Waals surface area (Å²) in [4.78, 5) is 26.6. The van der Waals surface area contributed by atoms with Crippen LogP contribution >= 0.6 is 0 Å². The maximum Gasteiger partial charge on any atom is 0.417 e. The topological polar surface area (TPSA) is 154 Å². The van der Waals surface area contributed by atoms with E-state index in [1.54, 1.807) is 0 Å². The number of hydrogen-bond acceptors (Lipinski definition) is 6. The molecule has 0 radical (unpaired) electrons. The van der Waals surface area contributed by atoms with Gasteiger partial charge in [0.25, 0.3) is 10.0 Å². The third-order valence-corrected chi connectivity index (χ3v) is 5.37. The normalized spacial score (nSPS) is 12.4. The highest BCUT2D eigenvalue weighted by Gasteiger charge is 2.32. The molecule has 0 saturated heterocycles. The molecule has 0 fully saturated rings. The molecule has 2 heterocycles. The van der Waals surface area contributed by atoms with E-state index in [2.05, 4.69) is 15.1 Å². The van der Waals surface area contributed by atoms with Crippen molar-refractivity contribution in [1.82, 2.24) is 20.2 Å². The average Bonchev–Trinajstić information content (AvgIpc) is 3.24. The van der Waals surface area contributed by atoms with Crippen LogP contribution in [0.25, 0.3) is 22.5 Å². The monoisotopic (exact) mass is 441 g/mol. The number of alkyl halides is 3. The Kier molecular flexibility index (Phi) is 4.30. The number of benzene rings is 2. The van der Waals surface area contributed by atoms with E-state index in [1.807, 2.05) is 9.82 Å². The number of sulfonamides is 1. The predicted octanol–water partition coefficient (Wildman–Crippen LogP) is 2.02. The van der Waals surface area contributed by atoms with Crippen molar-refractivity contribution < 1.29 is 26.0 Å². The van der Waals surface area contributed by atoms with Crippen molar-refractivity contribution in [3.63, 3.8) is 0 Å². The largest absolute Gasteiger partial charge is 0.417 e. The quantitative estimate of drug-likeness (QED) is 0.380. The number of aromatic nitrogens is 4. The van der Waals surface area contributed by atoms with Crippen LogP contribution in [0.5, 0.6) is 0 Å². The zero-order valence-electron chi connectivity index (χ0n) is 14.5. The standard InChI is InChI=1S/C16H10F3N5O5S/c17-16(18,19)8-3-7(13-21-14(25)23-22-13)4-9(5-8)24-30(27,28)10-1-2-11-12(6-10)29-15(26)20-11/h1-6,24H,(H,20,26)(H2,21,22,23,25). The lowest BCUT2D eigenvalue weighted by atomic mass is 10.1. The Bertz CT molecular complexity index is 1480. The number of H-pyrrole nitrogens is 3. The fourth-order valence-corrected chi connectivity index (χ4v) is 3.76. The number of fused-ring (bicyclic) bond motifs is 1. The van der Waals surface area contributed by atoms with Crippen LogP contribution in [0.2, 0.25) is 0 Å². The van der Waals surface area contributed by atoms with Crippen molar-refractivity contribution in [2.45, 2.75) is 11.1 Å². The molecule has 2 aromatic carbocycles. The fourth-order valence-electron chi connectivity index (χ4n) is 2.70. The van der Waals surface area contributed by atoms with Crippen LogP contribution in [-0.4, -0.2) is 28.6 Å². The molecule has 4 N–H and O–H groups in total. The van der Waals surface area contributed by atoms with Crippen LogP contribution in [0.15, 0.2) is 55.3 Å². The molecular weight excluding hydrogens is 431 g/mol. The lowest BCUT2D eigenvalue weighted by Gasteiger charge is -2.13. The zero-order chi connectivity index (χ0) is 21.7. The summed E-state index contributed by atoms with van der Waals surface area (Å²) >= 11 is 0. The Morgan fingerprint density at radius 3 is 2.47 bits per heavy atom. The minimum Gasteiger partial charge on any atom is -0.408 e. The molecule has 156 valence electrons. The molecule has 4 rings (SSSR count). The van der Waals surface area contributed by atoms with Crippen LogP contribution < -0.4 is 16.2 Å². The van der Waals surface area contributed by atoms with Crippen molar-refractivity contribution >= 4 is 26.8 Å². The molecule has 10 nitrogen and oxygen atoms in total. The molecule has 0 spiro atoms. The number of halogens is 3. The zero-order valence-corrected chi connectivity index (χ0v) is 15.3. The summed E-state index contributed by atoms with van der Waals surface area (Å²) < 4.78 is 72.0. The number of aromatic amines is 3. The number of oxazole rings is 1. The minimum atomic E-state index is -4.79. The van der Waals surface area contributed by atoms with Gasteiger partial charge >= 0.3 is 17.6 Å². The van der Waals surface area contributed by atoms with Gasteiger partial charge < -0.3 is 4.42 Å². The van der Waals surface area contributed by atoms with Crippen molar-refractivity contribution in [3.8, 4) is 11.4 Å². The van der Waals surface area contributed by atoms with Gasteiger partial charge in [-0.05, 0) is 30.3 Å². The Morgan fingerprint density at radius 1 is 1.03 bits per heavy atom. The molecule has 0 aliphatic heterocycles. The molecule has 0 atom stereocenters. The summed E-state index contributed by atoms with van der Waals surface area (Å²) in [6.45, 7) is 0. The fraction of sp³-hybridized carbons (Fsp3) is 0.0625. The van der Waals surface area contributed by atoms with Crippen LogP contribution in [0, 0.1) is 0 Å². The number of hydrogen-bond donors (Lipinski definition) is 4. The molecule has 14 heteroatoms. The highest BCUT2D eigenvalue weighted by atomic mass is 32.2. The first kappa shape index (κ1) is 19.5. The lowest BCUT2D eigenvalue weighted by Crippen LogP contribution is -2.14. The molecule has 30 heavy (non-hydrogen) atoms. The Hall–Kier alpha value is -3.81. The molecule has 0 aliphatic carbocycles. The molecule has 0 bridgehead atoms. The minimum absolute atomic E-state index is 0.0401. The van der Waals surface area contributed by atoms with Crippen molar-refractivity contribution in [1.29, 1.82) is 0 Å². The Morgan fingerprint density at radius 2 is 1.80 bits per heavy atom. The predicted molar refractivity (Wildman–Crippen MR) is 97.3 cm³/mol. The van der Waals surface area contributed by atoms with Gasteiger partial charge in [-0.2, -0.15) is 18.3 Å². The van der Waals surface area contributed by atoms with Gasteiger partial charge in [0, 0.05) is 11.6 Å². The van der Waals surface area contributed by atoms with Crippen LogP contribution in [0.1, 0.15) is 5.56 Å². The number of anilines is 1. The molecule has 0 saturated carbocycles. The van der Waals surface area contributed by atoms with E-state index < -0.39 is 38.9 Å². The summed E-state index contributed by atoms with van der Waals surface area (Å²) in [5.41, 5.74) is -2.28. The van der Waals surface area contributed by atoms with Crippen molar-refractivity contribution in [2.75, 3.05) is 4.72 Å². The maximum atomic E-state index is 13.3. The third-order valence-electron chi connectivity index (χ3n) is 3.99. The highest BCUT2D eigenvalue weighted by molar-refractivity contribution is 7.92. The molecule has 0 aliphatic rings.